The fourth-order valence-corrected chi connectivity index (χ4v) is 12.4. The summed E-state index contributed by atoms with van der Waals surface area (Å²) >= 11 is 0. The molecule has 0 aliphatic rings. The van der Waals surface area contributed by atoms with Crippen molar-refractivity contribution in [2.24, 2.45) is 0 Å². The standard InChI is InChI=1S/C82H152NO8P/c1-6-8-10-12-14-16-18-20-22-24-26-28-30-32-34-36-37-38-39-40-41-42-43-44-45-47-49-51-53-55-57-59-61-63-65-67-69-71-73-75-82(85)91-80(79-90-92(86,87)89-77-76-83(3,4)5)78-88-81(84)74-72-70-68-66-64-62-60-58-56-54-52-50-48-46-35-33-31-29-27-25-23-21-19-17-15-13-11-9-7-2/h8,10,14,16,19-22,25-28,80H,6-7,9,11-13,15,17-18,23-24,29-79H2,1-5H3/p+1/b10-8-,16-14-,21-19-,22-20-,27-25-,28-26-. The molecule has 0 rings (SSSR count). The minimum Gasteiger partial charge on any atom is -0.462 e. The maximum atomic E-state index is 12.9. The number of phosphoric acid groups is 1. The lowest BCUT2D eigenvalue weighted by Gasteiger charge is -2.24. The molecule has 0 radical (unpaired) electrons. The Labute approximate surface area is 571 Å². The van der Waals surface area contributed by atoms with Crippen LogP contribution in [0.5, 0.6) is 0 Å². The van der Waals surface area contributed by atoms with E-state index in [1.54, 1.807) is 0 Å². The lowest BCUT2D eigenvalue weighted by molar-refractivity contribution is -0.870. The number of quaternary nitrogens is 1. The topological polar surface area (TPSA) is 108 Å². The highest BCUT2D eigenvalue weighted by molar-refractivity contribution is 7.47. The van der Waals surface area contributed by atoms with Crippen molar-refractivity contribution in [1.82, 2.24) is 0 Å². The SMILES string of the molecule is CC/C=C\C/C=C\C/C=C\C/C=C\CCCCCCCCCCCCCCCCCCCCCCCCCCCCC(=O)OC(COC(=O)CCCCCCCCCCCCCCCCCCC/C=C\C/C=C\CCCCCCC)COP(=O)(O)OCC[N+](C)(C)C. The van der Waals surface area contributed by atoms with Crippen molar-refractivity contribution < 1.29 is 42.1 Å². The van der Waals surface area contributed by atoms with Gasteiger partial charge in [-0.1, -0.05) is 363 Å². The first kappa shape index (κ1) is 89.5. The van der Waals surface area contributed by atoms with Gasteiger partial charge in [-0.2, -0.15) is 0 Å². The van der Waals surface area contributed by atoms with Crippen LogP contribution < -0.4 is 0 Å². The van der Waals surface area contributed by atoms with Crippen LogP contribution in [-0.4, -0.2) is 74.9 Å². The van der Waals surface area contributed by atoms with Gasteiger partial charge in [-0.25, -0.2) is 4.57 Å². The quantitative estimate of drug-likeness (QED) is 0.0211. The number of allylic oxidation sites excluding steroid dienone is 12. The van der Waals surface area contributed by atoms with Crippen molar-refractivity contribution in [2.45, 2.75) is 392 Å². The molecular weight excluding hydrogens is 1160 g/mol. The number of hydrogen-bond acceptors (Lipinski definition) is 7. The average Bonchev–Trinajstić information content (AvgIpc) is 2.14. The predicted octanol–water partition coefficient (Wildman–Crippen LogP) is 26.3. The molecule has 0 heterocycles. The molecule has 0 aromatic heterocycles. The van der Waals surface area contributed by atoms with Crippen LogP contribution in [0.4, 0.5) is 0 Å². The molecule has 0 spiro atoms. The molecule has 0 bridgehead atoms. The van der Waals surface area contributed by atoms with Gasteiger partial charge in [0.05, 0.1) is 27.7 Å². The lowest BCUT2D eigenvalue weighted by atomic mass is 10.0. The Balaban J connectivity index is 3.91. The second-order valence-electron chi connectivity index (χ2n) is 28.1. The predicted molar refractivity (Wildman–Crippen MR) is 399 cm³/mol. The number of rotatable bonds is 74. The third kappa shape index (κ3) is 76.5. The van der Waals surface area contributed by atoms with E-state index < -0.39 is 26.5 Å². The van der Waals surface area contributed by atoms with E-state index in [2.05, 4.69) is 86.8 Å². The van der Waals surface area contributed by atoms with Gasteiger partial charge in [0.25, 0.3) is 0 Å². The molecule has 0 aromatic rings. The van der Waals surface area contributed by atoms with Crippen LogP contribution in [0.15, 0.2) is 72.9 Å². The van der Waals surface area contributed by atoms with Gasteiger partial charge in [0.2, 0.25) is 0 Å². The van der Waals surface area contributed by atoms with Gasteiger partial charge in [-0.15, -0.1) is 0 Å². The Morgan fingerprint density at radius 3 is 0.924 bits per heavy atom. The molecule has 92 heavy (non-hydrogen) atoms. The van der Waals surface area contributed by atoms with E-state index in [0.29, 0.717) is 23.9 Å². The molecule has 2 unspecified atom stereocenters. The Morgan fingerprint density at radius 1 is 0.348 bits per heavy atom. The largest absolute Gasteiger partial charge is 0.472 e. The average molecular weight is 1310 g/mol. The van der Waals surface area contributed by atoms with Crippen molar-refractivity contribution in [3.63, 3.8) is 0 Å². The first-order valence-electron chi connectivity index (χ1n) is 39.7. The molecule has 0 fully saturated rings. The van der Waals surface area contributed by atoms with Gasteiger partial charge in [0.15, 0.2) is 6.10 Å². The summed E-state index contributed by atoms with van der Waals surface area (Å²) in [5.41, 5.74) is 0. The fraction of sp³-hybridized carbons (Fsp3) is 0.829. The summed E-state index contributed by atoms with van der Waals surface area (Å²) in [6.45, 7) is 4.38. The highest BCUT2D eigenvalue weighted by Gasteiger charge is 2.27. The smallest absolute Gasteiger partial charge is 0.462 e. The molecule has 0 aliphatic heterocycles. The number of likely N-dealkylation sites (N-methyl/N-ethyl adjacent to an activating group) is 1. The molecule has 0 aromatic carbocycles. The Morgan fingerprint density at radius 2 is 0.620 bits per heavy atom. The molecule has 0 saturated heterocycles. The van der Waals surface area contributed by atoms with Crippen LogP contribution in [0.1, 0.15) is 386 Å². The van der Waals surface area contributed by atoms with E-state index >= 15 is 0 Å². The van der Waals surface area contributed by atoms with Gasteiger partial charge >= 0.3 is 19.8 Å². The summed E-state index contributed by atoms with van der Waals surface area (Å²) in [4.78, 5) is 36.0. The summed E-state index contributed by atoms with van der Waals surface area (Å²) in [6, 6.07) is 0. The van der Waals surface area contributed by atoms with Crippen molar-refractivity contribution >= 4 is 19.8 Å². The highest BCUT2D eigenvalue weighted by Crippen LogP contribution is 2.43. The van der Waals surface area contributed by atoms with Crippen LogP contribution in [0.3, 0.4) is 0 Å². The summed E-state index contributed by atoms with van der Waals surface area (Å²) in [5.74, 6) is -0.776. The highest BCUT2D eigenvalue weighted by atomic mass is 31.2. The first-order valence-corrected chi connectivity index (χ1v) is 41.2. The zero-order valence-corrected chi connectivity index (χ0v) is 62.4. The van der Waals surface area contributed by atoms with E-state index in [0.717, 1.165) is 64.2 Å². The van der Waals surface area contributed by atoms with Gasteiger partial charge < -0.3 is 18.9 Å². The number of hydrogen-bond donors (Lipinski definition) is 1. The van der Waals surface area contributed by atoms with Crippen molar-refractivity contribution in [1.29, 1.82) is 0 Å². The number of carbonyl (C=O) groups excluding carboxylic acids is 2. The maximum Gasteiger partial charge on any atom is 0.472 e. The zero-order valence-electron chi connectivity index (χ0n) is 61.5. The second kappa shape index (κ2) is 72.7. The van der Waals surface area contributed by atoms with E-state index in [-0.39, 0.29) is 25.6 Å². The van der Waals surface area contributed by atoms with E-state index in [1.165, 1.54) is 289 Å². The molecule has 10 heteroatoms. The van der Waals surface area contributed by atoms with E-state index in [4.69, 9.17) is 18.5 Å². The van der Waals surface area contributed by atoms with Crippen LogP contribution >= 0.6 is 7.82 Å². The van der Waals surface area contributed by atoms with Crippen molar-refractivity contribution in [3.05, 3.63) is 72.9 Å². The monoisotopic (exact) mass is 1310 g/mol. The summed E-state index contributed by atoms with van der Waals surface area (Å²) in [7, 11) is 1.50. The summed E-state index contributed by atoms with van der Waals surface area (Å²) < 4.78 is 34.8. The Kier molecular flexibility index (Phi) is 70.7. The number of esters is 2. The lowest BCUT2D eigenvalue weighted by Crippen LogP contribution is -2.37. The molecule has 0 aliphatic carbocycles. The number of carbonyl (C=O) groups is 2. The number of ether oxygens (including phenoxy) is 2. The number of nitrogens with zero attached hydrogens (tertiary/aromatic N) is 1. The minimum atomic E-state index is -4.39. The van der Waals surface area contributed by atoms with E-state index in [9.17, 15) is 19.0 Å². The van der Waals surface area contributed by atoms with E-state index in [1.807, 2.05) is 21.1 Å². The van der Waals surface area contributed by atoms with Gasteiger partial charge in [-0.3, -0.25) is 18.6 Å². The van der Waals surface area contributed by atoms with Crippen LogP contribution in [0.25, 0.3) is 0 Å². The van der Waals surface area contributed by atoms with Gasteiger partial charge in [-0.05, 0) is 83.5 Å². The molecule has 538 valence electrons. The van der Waals surface area contributed by atoms with Crippen molar-refractivity contribution in [2.75, 3.05) is 47.5 Å². The zero-order chi connectivity index (χ0) is 66.9. The summed E-state index contributed by atoms with van der Waals surface area (Å²) in [5, 5.41) is 0. The molecule has 0 saturated carbocycles. The molecule has 2 atom stereocenters. The van der Waals surface area contributed by atoms with Crippen LogP contribution in [0, 0.1) is 0 Å². The third-order valence-corrected chi connectivity index (χ3v) is 18.7. The second-order valence-corrected chi connectivity index (χ2v) is 29.5. The first-order chi connectivity index (χ1) is 45.0. The van der Waals surface area contributed by atoms with Gasteiger partial charge in [0, 0.05) is 12.8 Å². The Bertz CT molecular complexity index is 1780. The number of unbranched alkanes of at least 4 members (excludes halogenated alkanes) is 48. The Hall–Kier alpha value is -2.55. The van der Waals surface area contributed by atoms with Crippen molar-refractivity contribution in [3.8, 4) is 0 Å². The van der Waals surface area contributed by atoms with Crippen LogP contribution in [-0.2, 0) is 32.7 Å². The van der Waals surface area contributed by atoms with Gasteiger partial charge in [0.1, 0.15) is 19.8 Å². The minimum absolute atomic E-state index is 0.0335. The molecule has 1 N–H and O–H groups in total. The summed E-state index contributed by atoms with van der Waals surface area (Å²) in [6.07, 6.45) is 99.1. The normalized spacial score (nSPS) is 13.4. The van der Waals surface area contributed by atoms with Crippen LogP contribution in [0.2, 0.25) is 0 Å². The maximum absolute atomic E-state index is 12.9. The third-order valence-electron chi connectivity index (χ3n) is 17.7. The molecule has 0 amide bonds. The number of phosphoric ester groups is 1. The molecular formula is C82H153NO8P+. The molecule has 9 nitrogen and oxygen atoms in total. The fourth-order valence-electron chi connectivity index (χ4n) is 11.7.